The van der Waals surface area contributed by atoms with Crippen molar-refractivity contribution in [3.8, 4) is 68.2 Å². The van der Waals surface area contributed by atoms with E-state index in [1.54, 1.807) is 0 Å². The number of rotatable bonds is 4. The van der Waals surface area contributed by atoms with Gasteiger partial charge in [-0.2, -0.15) is 0 Å². The lowest BCUT2D eigenvalue weighted by atomic mass is 9.71. The first-order valence-electron chi connectivity index (χ1n) is 33.4. The van der Waals surface area contributed by atoms with Gasteiger partial charge >= 0.3 is 0 Å². The van der Waals surface area contributed by atoms with E-state index in [1.165, 1.54) is 132 Å². The Bertz CT molecular complexity index is 3730. The molecule has 11 aliphatic rings. The molecular formula is C88H102S. The van der Waals surface area contributed by atoms with Gasteiger partial charge in [0, 0.05) is 11.8 Å². The maximum atomic E-state index is 4.23. The second-order valence-electron chi connectivity index (χ2n) is 35.0. The van der Waals surface area contributed by atoms with Gasteiger partial charge in [-0.3, -0.25) is 0 Å². The van der Waals surface area contributed by atoms with Crippen LogP contribution in [0.15, 0.2) is 133 Å². The molecule has 0 fully saturated rings. The maximum absolute atomic E-state index is 4.23. The summed E-state index contributed by atoms with van der Waals surface area (Å²) in [6.07, 6.45) is 7.26. The summed E-state index contributed by atoms with van der Waals surface area (Å²) in [6, 6.07) is 48.6. The molecule has 460 valence electrons. The van der Waals surface area contributed by atoms with Gasteiger partial charge in [-0.15, -0.1) is 11.3 Å². The van der Waals surface area contributed by atoms with E-state index in [-0.39, 0.29) is 55.2 Å². The van der Waals surface area contributed by atoms with Crippen molar-refractivity contribution in [2.45, 2.75) is 246 Å². The fraction of sp³-hybridized carbons (Fsp3) is 0.432. The smallest absolute Gasteiger partial charge is 0.0823 e. The van der Waals surface area contributed by atoms with Gasteiger partial charge in [-0.25, -0.2) is 0 Å². The Kier molecular flexibility index (Phi) is 15.8. The molecular weight excluding hydrogens is 1090 g/mol. The summed E-state index contributed by atoms with van der Waals surface area (Å²) >= 11 is 1.86. The minimum absolute atomic E-state index is 0.00529. The summed E-state index contributed by atoms with van der Waals surface area (Å²) < 4.78 is 0. The van der Waals surface area contributed by atoms with Crippen LogP contribution in [0.4, 0.5) is 0 Å². The molecule has 0 aliphatic heterocycles. The Morgan fingerprint density at radius 1 is 0.292 bits per heavy atom. The van der Waals surface area contributed by atoms with Crippen LogP contribution >= 0.6 is 11.3 Å². The van der Waals surface area contributed by atoms with Gasteiger partial charge in [0.15, 0.2) is 0 Å². The van der Waals surface area contributed by atoms with Crippen molar-refractivity contribution < 1.29 is 0 Å². The normalized spacial score (nSPS) is 16.0. The highest BCUT2D eigenvalue weighted by molar-refractivity contribution is 7.13. The molecule has 2 atom stereocenters. The van der Waals surface area contributed by atoms with Crippen LogP contribution in [0.5, 0.6) is 0 Å². The third-order valence-electron chi connectivity index (χ3n) is 19.9. The van der Waals surface area contributed by atoms with Gasteiger partial charge in [-0.1, -0.05) is 323 Å². The molecule has 2 unspecified atom stereocenters. The molecule has 0 spiro atoms. The Morgan fingerprint density at radius 2 is 0.506 bits per heavy atom. The van der Waals surface area contributed by atoms with E-state index in [0.29, 0.717) is 11.8 Å². The Hall–Kier alpha value is -6.64. The average molecular weight is 1190 g/mol. The Morgan fingerprint density at radius 3 is 0.697 bits per heavy atom. The van der Waals surface area contributed by atoms with Crippen LogP contribution in [-0.4, -0.2) is 0 Å². The predicted octanol–water partition coefficient (Wildman–Crippen LogP) is 24.4. The summed E-state index contributed by atoms with van der Waals surface area (Å²) in [5, 5.41) is 0. The highest BCUT2D eigenvalue weighted by Crippen LogP contribution is 2.54. The van der Waals surface area contributed by atoms with Crippen molar-refractivity contribution in [1.82, 2.24) is 0 Å². The molecule has 1 heteroatoms. The van der Waals surface area contributed by atoms with Gasteiger partial charge < -0.3 is 0 Å². The highest BCUT2D eigenvalue weighted by atomic mass is 32.1. The maximum Gasteiger partial charge on any atom is 0.0823 e. The second kappa shape index (κ2) is 22.1. The van der Waals surface area contributed by atoms with E-state index < -0.39 is 0 Å². The monoisotopic (exact) mass is 1190 g/mol. The summed E-state index contributed by atoms with van der Waals surface area (Å²) in [5.74, 6) is 16.9. The van der Waals surface area contributed by atoms with Gasteiger partial charge in [0.25, 0.3) is 0 Å². The number of fused-ring (bicyclic) bond motifs is 5. The minimum atomic E-state index is -0.216. The SMILES string of the molecule is CC(C)(C)c1ccc2c(C(C#Cc3sc(C#CC(c4cc(C(C)(C)C)c5ccc(C(C)(C)C)ccc4-5)c4cc(C(C)(C)C)c5ccc(C(C)(C)C)ccc4-5)c4c3C3C=CC4CC3)c3cc(C(C)(C)C)c4ccc(C(C)(C)C)ccc3-4)cc(C(C)(C)C)c-2cc1. The molecule has 0 saturated carbocycles. The molecule has 0 saturated heterocycles. The standard InChI is InChI=1S/C88H102S/c1-81(2,3)55-29-37-59-65(41-33-55)73(85(13,14)15)49-69(59)63(70-50-74(86(16,17)18)66-42-34-56(82(4,5)6)30-38-60(66)70)45-47-77-79-53-25-27-54(28-26-53)80(79)78(89-77)48-46-64(71-51-75(87(19,20)21)67-43-35-57(83(7,8)9)31-39-61(67)71)72-52-76(88(22,23)24)68-44-36-58(84(10,11)12)32-40-62(68)72/h25,27,29-44,49-54,63-64H,26,28H2,1-24H3. The van der Waals surface area contributed by atoms with Gasteiger partial charge in [0.2, 0.25) is 0 Å². The molecule has 12 rings (SSSR count). The summed E-state index contributed by atoms with van der Waals surface area (Å²) in [7, 11) is 0. The summed E-state index contributed by atoms with van der Waals surface area (Å²) in [5.41, 5.74) is 28.8. The lowest BCUT2D eigenvalue weighted by Gasteiger charge is -2.31. The number of allylic oxidation sites excluding steroid dienone is 2. The van der Waals surface area contributed by atoms with Crippen molar-refractivity contribution in [1.29, 1.82) is 0 Å². The predicted molar refractivity (Wildman–Crippen MR) is 387 cm³/mol. The van der Waals surface area contributed by atoms with E-state index in [4.69, 9.17) is 0 Å². The molecule has 2 bridgehead atoms. The topological polar surface area (TPSA) is 0 Å². The van der Waals surface area contributed by atoms with Gasteiger partial charge in [0.05, 0.1) is 21.6 Å². The fourth-order valence-electron chi connectivity index (χ4n) is 14.6. The Labute approximate surface area is 543 Å². The van der Waals surface area contributed by atoms with Gasteiger partial charge in [-0.05, 0) is 179 Å². The van der Waals surface area contributed by atoms with Gasteiger partial charge in [0.1, 0.15) is 0 Å². The number of hydrogen-bond donors (Lipinski definition) is 0. The van der Waals surface area contributed by atoms with E-state index in [9.17, 15) is 0 Å². The molecule has 1 heterocycles. The quantitative estimate of drug-likeness (QED) is 0.122. The fourth-order valence-corrected chi connectivity index (χ4v) is 15.7. The minimum Gasteiger partial charge on any atom is -0.117 e. The zero-order valence-electron chi connectivity index (χ0n) is 58.8. The van der Waals surface area contributed by atoms with Crippen molar-refractivity contribution in [3.05, 3.63) is 221 Å². The van der Waals surface area contributed by atoms with E-state index >= 15 is 0 Å². The summed E-state index contributed by atoms with van der Waals surface area (Å²) in [4.78, 5) is 2.35. The lowest BCUT2D eigenvalue weighted by Crippen LogP contribution is -2.16. The number of hydrogen-bond acceptors (Lipinski definition) is 1. The summed E-state index contributed by atoms with van der Waals surface area (Å²) in [6.45, 7) is 56.4. The van der Waals surface area contributed by atoms with Crippen LogP contribution in [0.2, 0.25) is 0 Å². The molecule has 1 aromatic rings. The van der Waals surface area contributed by atoms with Crippen LogP contribution in [0.3, 0.4) is 0 Å². The Balaban J connectivity index is 1.19. The zero-order chi connectivity index (χ0) is 64.7. The molecule has 89 heavy (non-hydrogen) atoms. The zero-order valence-corrected chi connectivity index (χ0v) is 59.7. The molecule has 0 radical (unpaired) electrons. The van der Waals surface area contributed by atoms with Crippen LogP contribution in [0.25, 0.3) is 44.5 Å². The molecule has 11 aliphatic carbocycles. The number of thiophene rings is 1. The van der Waals surface area contributed by atoms with E-state index in [0.717, 1.165) is 12.8 Å². The molecule has 0 nitrogen and oxygen atoms in total. The first-order valence-corrected chi connectivity index (χ1v) is 34.2. The van der Waals surface area contributed by atoms with Crippen LogP contribution < -0.4 is 0 Å². The third-order valence-corrected chi connectivity index (χ3v) is 20.9. The first-order chi connectivity index (χ1) is 41.2. The first kappa shape index (κ1) is 63.9. The molecule has 1 aromatic heterocycles. The lowest BCUT2D eigenvalue weighted by molar-refractivity contribution is 0.555. The van der Waals surface area contributed by atoms with Crippen molar-refractivity contribution in [2.24, 2.45) is 0 Å². The van der Waals surface area contributed by atoms with E-state index in [1.807, 2.05) is 11.3 Å². The van der Waals surface area contributed by atoms with Crippen LogP contribution in [0.1, 0.15) is 290 Å². The van der Waals surface area contributed by atoms with Crippen LogP contribution in [0, 0.1) is 23.7 Å². The van der Waals surface area contributed by atoms with Crippen molar-refractivity contribution >= 4 is 11.3 Å². The van der Waals surface area contributed by atoms with Crippen LogP contribution in [-0.2, 0) is 43.3 Å². The average Bonchev–Trinajstić information content (AvgIpc) is 1.67. The molecule has 0 aromatic carbocycles. The van der Waals surface area contributed by atoms with Crippen molar-refractivity contribution in [2.75, 3.05) is 0 Å². The molecule has 0 amide bonds. The highest BCUT2D eigenvalue weighted by Gasteiger charge is 2.38. The second-order valence-corrected chi connectivity index (χ2v) is 36.0. The third kappa shape index (κ3) is 12.2. The van der Waals surface area contributed by atoms with E-state index in [2.05, 4.69) is 323 Å². The molecule has 0 N–H and O–H groups in total. The largest absolute Gasteiger partial charge is 0.117 e. The van der Waals surface area contributed by atoms with Crippen molar-refractivity contribution in [3.63, 3.8) is 0 Å².